The van der Waals surface area contributed by atoms with Crippen LogP contribution in [0.15, 0.2) is 35.5 Å². The van der Waals surface area contributed by atoms with E-state index >= 15 is 8.78 Å². The van der Waals surface area contributed by atoms with E-state index in [1.165, 1.54) is 18.2 Å². The molecule has 1 heterocycles. The number of nitrogens with one attached hydrogen (secondary N) is 1. The Hall–Kier alpha value is -2.10. The lowest BCUT2D eigenvalue weighted by Gasteiger charge is -2.66. The van der Waals surface area contributed by atoms with E-state index in [1.807, 2.05) is 13.0 Å². The molecule has 37 heavy (non-hydrogen) atoms. The summed E-state index contributed by atoms with van der Waals surface area (Å²) in [6.07, 6.45) is 3.65. The molecule has 0 radical (unpaired) electrons. The molecule has 0 aromatic carbocycles. The molecule has 1 unspecified atom stereocenters. The zero-order valence-electron chi connectivity index (χ0n) is 21.5. The summed E-state index contributed by atoms with van der Waals surface area (Å²) >= 11 is 0. The standard InChI is InChI=1S/C28H35F2NO6/c1-4-6-23-36-22-11-17-18-10-20(29)19-9-16(32)7-8-25(19,3)27(18,30)21(33)13-26(17)12-15(28(22,26)37-23)14-31-24(34)35-5-2/h7-9,12,17-18,20-23,33H,4-6,10-11,13-14H2,1-3H3,(H,31,34)/t17-,18-,20-,21-,22+,23?,25-,26-,27-,28+/m0/s1. The highest BCUT2D eigenvalue weighted by Crippen LogP contribution is 2.77. The lowest BCUT2D eigenvalue weighted by molar-refractivity contribution is -0.230. The molecule has 4 fully saturated rings. The van der Waals surface area contributed by atoms with Gasteiger partial charge in [-0.25, -0.2) is 13.6 Å². The van der Waals surface area contributed by atoms with Crippen molar-refractivity contribution in [2.75, 3.05) is 13.2 Å². The Morgan fingerprint density at radius 3 is 2.81 bits per heavy atom. The zero-order chi connectivity index (χ0) is 26.4. The number of aliphatic hydroxyl groups is 1. The van der Waals surface area contributed by atoms with Crippen LogP contribution < -0.4 is 5.32 Å². The van der Waals surface area contributed by atoms with Gasteiger partial charge >= 0.3 is 6.09 Å². The van der Waals surface area contributed by atoms with Crippen LogP contribution in [-0.2, 0) is 19.0 Å². The number of ether oxygens (including phenoxy) is 3. The molecule has 5 aliphatic carbocycles. The van der Waals surface area contributed by atoms with Crippen molar-refractivity contribution < 1.29 is 37.7 Å². The largest absolute Gasteiger partial charge is 0.450 e. The highest BCUT2D eigenvalue weighted by atomic mass is 19.1. The molecule has 1 saturated heterocycles. The van der Waals surface area contributed by atoms with Gasteiger partial charge in [0.2, 0.25) is 0 Å². The number of rotatable bonds is 5. The van der Waals surface area contributed by atoms with Gasteiger partial charge in [-0.2, -0.15) is 0 Å². The van der Waals surface area contributed by atoms with Crippen molar-refractivity contribution in [3.63, 3.8) is 0 Å². The molecule has 0 aromatic heterocycles. The van der Waals surface area contributed by atoms with Crippen molar-refractivity contribution in [3.8, 4) is 0 Å². The molecule has 202 valence electrons. The lowest BCUT2D eigenvalue weighted by atomic mass is 9.41. The second-order valence-corrected chi connectivity index (χ2v) is 11.7. The highest BCUT2D eigenvalue weighted by molar-refractivity contribution is 6.01. The van der Waals surface area contributed by atoms with Crippen molar-refractivity contribution in [1.29, 1.82) is 0 Å². The molecular weight excluding hydrogens is 484 g/mol. The summed E-state index contributed by atoms with van der Waals surface area (Å²) < 4.78 is 51.1. The maximum atomic E-state index is 17.4. The average molecular weight is 520 g/mol. The Morgan fingerprint density at radius 1 is 1.30 bits per heavy atom. The van der Waals surface area contributed by atoms with E-state index < -0.39 is 52.7 Å². The van der Waals surface area contributed by atoms with Gasteiger partial charge in [0.05, 0.1) is 18.8 Å². The molecular formula is C28H35F2NO6. The van der Waals surface area contributed by atoms with Crippen molar-refractivity contribution >= 4 is 11.9 Å². The number of ketones is 1. The summed E-state index contributed by atoms with van der Waals surface area (Å²) in [6.45, 7) is 5.80. The first-order chi connectivity index (χ1) is 17.6. The summed E-state index contributed by atoms with van der Waals surface area (Å²) in [7, 11) is 0. The molecule has 2 N–H and O–H groups in total. The Bertz CT molecular complexity index is 1120. The van der Waals surface area contributed by atoms with Gasteiger partial charge < -0.3 is 24.6 Å². The van der Waals surface area contributed by atoms with Crippen LogP contribution in [0.1, 0.15) is 52.9 Å². The lowest BCUT2D eigenvalue weighted by Crippen LogP contribution is -2.72. The normalized spacial score (nSPS) is 49.0. The van der Waals surface area contributed by atoms with Gasteiger partial charge in [-0.05, 0) is 68.7 Å². The second kappa shape index (κ2) is 8.20. The number of carbonyl (C=O) groups excluding carboxylic acids is 2. The molecule has 1 amide bonds. The zero-order valence-corrected chi connectivity index (χ0v) is 21.5. The number of amides is 1. The first-order valence-corrected chi connectivity index (χ1v) is 13.5. The molecule has 2 spiro atoms. The number of carbonyl (C=O) groups is 2. The van der Waals surface area contributed by atoms with Crippen molar-refractivity contribution in [3.05, 3.63) is 35.5 Å². The number of hydrogen-bond donors (Lipinski definition) is 2. The molecule has 0 bridgehead atoms. The topological polar surface area (TPSA) is 94.1 Å². The van der Waals surface area contributed by atoms with E-state index in [0.29, 0.717) is 12.8 Å². The predicted octanol–water partition coefficient (Wildman–Crippen LogP) is 3.86. The van der Waals surface area contributed by atoms with E-state index in [2.05, 4.69) is 5.32 Å². The highest BCUT2D eigenvalue weighted by Gasteiger charge is 2.82. The third-order valence-electron chi connectivity index (χ3n) is 10.2. The maximum absolute atomic E-state index is 17.4. The summed E-state index contributed by atoms with van der Waals surface area (Å²) in [5.41, 5.74) is -4.29. The van der Waals surface area contributed by atoms with Crippen molar-refractivity contribution in [1.82, 2.24) is 5.32 Å². The first-order valence-electron chi connectivity index (χ1n) is 13.5. The van der Waals surface area contributed by atoms with E-state index in [0.717, 1.165) is 12.0 Å². The number of fused-ring (bicyclic) bond motifs is 4. The monoisotopic (exact) mass is 519 g/mol. The molecule has 0 aromatic rings. The minimum Gasteiger partial charge on any atom is -0.450 e. The fraction of sp³-hybridized carbons (Fsp3) is 0.714. The number of halogens is 2. The van der Waals surface area contributed by atoms with Gasteiger partial charge in [-0.15, -0.1) is 0 Å². The fourth-order valence-corrected chi connectivity index (χ4v) is 8.74. The molecule has 6 rings (SSSR count). The molecule has 1 aliphatic heterocycles. The fourth-order valence-electron chi connectivity index (χ4n) is 8.74. The third-order valence-corrected chi connectivity index (χ3v) is 10.2. The van der Waals surface area contributed by atoms with Crippen LogP contribution in [0.25, 0.3) is 0 Å². The third kappa shape index (κ3) is 2.96. The number of aliphatic hydroxyl groups excluding tert-OH is 1. The molecule has 10 atom stereocenters. The first kappa shape index (κ1) is 25.2. The van der Waals surface area contributed by atoms with Crippen molar-refractivity contribution in [2.24, 2.45) is 22.7 Å². The minimum atomic E-state index is -2.15. The molecule has 6 aliphatic rings. The summed E-state index contributed by atoms with van der Waals surface area (Å²) in [6, 6.07) is 0. The smallest absolute Gasteiger partial charge is 0.407 e. The predicted molar refractivity (Wildman–Crippen MR) is 129 cm³/mol. The quantitative estimate of drug-likeness (QED) is 0.536. The number of hydrogen-bond acceptors (Lipinski definition) is 6. The van der Waals surface area contributed by atoms with Gasteiger partial charge in [0, 0.05) is 23.3 Å². The minimum absolute atomic E-state index is 0.0912. The number of allylic oxidation sites excluding steroid dienone is 4. The Morgan fingerprint density at radius 2 is 2.08 bits per heavy atom. The van der Waals surface area contributed by atoms with Crippen LogP contribution in [0.3, 0.4) is 0 Å². The SMILES string of the molecule is CCCC1O[C@@H]2C[C@H]3[C@@H]4C[C@H](F)C5=CC(=O)C=C[C@]5(C)[C@@]4(F)[C@@H](O)C[C@@]34C=C(CNC(=O)OCC)[C@@]24O1. The van der Waals surface area contributed by atoms with Gasteiger partial charge in [0.1, 0.15) is 11.8 Å². The van der Waals surface area contributed by atoms with E-state index in [-0.39, 0.29) is 49.4 Å². The average Bonchev–Trinajstić information content (AvgIpc) is 3.31. The van der Waals surface area contributed by atoms with Crippen LogP contribution in [0.5, 0.6) is 0 Å². The molecule has 7 nitrogen and oxygen atoms in total. The van der Waals surface area contributed by atoms with E-state index in [1.54, 1.807) is 13.8 Å². The van der Waals surface area contributed by atoms with Gasteiger partial charge in [0.15, 0.2) is 17.7 Å². The van der Waals surface area contributed by atoms with Gasteiger partial charge in [-0.1, -0.05) is 25.5 Å². The van der Waals surface area contributed by atoms with Crippen LogP contribution in [0.2, 0.25) is 0 Å². The van der Waals surface area contributed by atoms with Crippen LogP contribution in [-0.4, -0.2) is 66.1 Å². The summed E-state index contributed by atoms with van der Waals surface area (Å²) in [5.74, 6) is -1.50. The van der Waals surface area contributed by atoms with Crippen molar-refractivity contribution in [2.45, 2.75) is 88.8 Å². The molecule has 3 saturated carbocycles. The van der Waals surface area contributed by atoms with Gasteiger partial charge in [-0.3, -0.25) is 4.79 Å². The van der Waals surface area contributed by atoms with Crippen LogP contribution in [0.4, 0.5) is 13.6 Å². The van der Waals surface area contributed by atoms with E-state index in [9.17, 15) is 14.7 Å². The second-order valence-electron chi connectivity index (χ2n) is 11.7. The summed E-state index contributed by atoms with van der Waals surface area (Å²) in [5, 5.41) is 14.3. The Labute approximate surface area is 215 Å². The Kier molecular flexibility index (Phi) is 5.58. The van der Waals surface area contributed by atoms with Gasteiger partial charge in [0.25, 0.3) is 0 Å². The summed E-state index contributed by atoms with van der Waals surface area (Å²) in [4.78, 5) is 24.1. The van der Waals surface area contributed by atoms with E-state index in [4.69, 9.17) is 14.2 Å². The maximum Gasteiger partial charge on any atom is 0.407 e. The van der Waals surface area contributed by atoms with Crippen LogP contribution in [0, 0.1) is 22.7 Å². The number of alkyl halides is 2. The Balaban J connectivity index is 1.40. The number of alkyl carbamates (subject to hydrolysis) is 1. The van der Waals surface area contributed by atoms with Crippen LogP contribution >= 0.6 is 0 Å². The molecule has 9 heteroatoms.